The van der Waals surface area contributed by atoms with Crippen molar-refractivity contribution < 1.29 is 13.9 Å². The average molecular weight is 246 g/mol. The Kier molecular flexibility index (Phi) is 3.62. The van der Waals surface area contributed by atoms with Gasteiger partial charge in [0.25, 0.3) is 0 Å². The third-order valence-electron chi connectivity index (χ3n) is 2.48. The van der Waals surface area contributed by atoms with Gasteiger partial charge < -0.3 is 4.74 Å². The van der Waals surface area contributed by atoms with Crippen molar-refractivity contribution >= 4 is 5.78 Å². The van der Waals surface area contributed by atoms with Crippen LogP contribution in [-0.2, 0) is 6.42 Å². The van der Waals surface area contributed by atoms with Gasteiger partial charge in [-0.15, -0.1) is 0 Å². The zero-order chi connectivity index (χ0) is 13.0. The number of aromatic nitrogens is 2. The molecule has 1 aromatic carbocycles. The summed E-state index contributed by atoms with van der Waals surface area (Å²) >= 11 is 0. The first-order valence-corrected chi connectivity index (χ1v) is 5.33. The molecule has 5 heteroatoms. The first-order chi connectivity index (χ1) is 8.72. The number of Topliss-reactive ketones (excluding diaryl/α,β-unsaturated/α-hetero) is 1. The highest BCUT2D eigenvalue weighted by atomic mass is 19.1. The van der Waals surface area contributed by atoms with E-state index in [2.05, 4.69) is 9.97 Å². The van der Waals surface area contributed by atoms with Crippen LogP contribution in [0.2, 0.25) is 0 Å². The van der Waals surface area contributed by atoms with E-state index in [1.165, 1.54) is 31.8 Å². The standard InChI is InChI=1S/C13H11FN2O2/c1-18-12-4-2-3-9(13(12)14)7-11(17)10-5-6-15-8-16-10/h2-6,8H,7H2,1H3. The molecule has 4 nitrogen and oxygen atoms in total. The van der Waals surface area contributed by atoms with E-state index >= 15 is 0 Å². The molecule has 0 radical (unpaired) electrons. The first-order valence-electron chi connectivity index (χ1n) is 5.33. The molecule has 0 aliphatic heterocycles. The predicted molar refractivity (Wildman–Crippen MR) is 63.0 cm³/mol. The van der Waals surface area contributed by atoms with Crippen molar-refractivity contribution in [3.63, 3.8) is 0 Å². The monoisotopic (exact) mass is 246 g/mol. The Labute approximate surface area is 103 Å². The molecule has 18 heavy (non-hydrogen) atoms. The average Bonchev–Trinajstić information content (AvgIpc) is 2.42. The fourth-order valence-electron chi connectivity index (χ4n) is 1.57. The minimum atomic E-state index is -0.512. The lowest BCUT2D eigenvalue weighted by Gasteiger charge is -2.06. The molecule has 1 heterocycles. The largest absolute Gasteiger partial charge is 0.494 e. The Balaban J connectivity index is 2.22. The summed E-state index contributed by atoms with van der Waals surface area (Å²) in [6, 6.07) is 6.20. The third kappa shape index (κ3) is 2.51. The fraction of sp³-hybridized carbons (Fsp3) is 0.154. The molecule has 0 aliphatic carbocycles. The number of hydrogen-bond acceptors (Lipinski definition) is 4. The first kappa shape index (κ1) is 12.2. The summed E-state index contributed by atoms with van der Waals surface area (Å²) in [6.07, 6.45) is 2.71. The van der Waals surface area contributed by atoms with E-state index in [0.29, 0.717) is 0 Å². The molecular weight excluding hydrogens is 235 g/mol. The molecule has 0 amide bonds. The molecule has 0 spiro atoms. The van der Waals surface area contributed by atoms with Gasteiger partial charge in [0.2, 0.25) is 0 Å². The van der Waals surface area contributed by atoms with Crippen LogP contribution >= 0.6 is 0 Å². The van der Waals surface area contributed by atoms with Crippen LogP contribution in [0.3, 0.4) is 0 Å². The van der Waals surface area contributed by atoms with Crippen molar-refractivity contribution in [1.82, 2.24) is 9.97 Å². The lowest BCUT2D eigenvalue weighted by Crippen LogP contribution is -2.07. The summed E-state index contributed by atoms with van der Waals surface area (Å²) in [5.41, 5.74) is 0.560. The molecule has 0 atom stereocenters. The Morgan fingerprint density at radius 2 is 2.22 bits per heavy atom. The second-order valence-corrected chi connectivity index (χ2v) is 3.63. The van der Waals surface area contributed by atoms with Crippen LogP contribution in [0.15, 0.2) is 36.8 Å². The summed E-state index contributed by atoms with van der Waals surface area (Å²) in [7, 11) is 1.38. The van der Waals surface area contributed by atoms with E-state index in [0.717, 1.165) is 0 Å². The molecule has 2 aromatic rings. The molecule has 92 valence electrons. The summed E-state index contributed by atoms with van der Waals surface area (Å²) in [6.45, 7) is 0. The van der Waals surface area contributed by atoms with Crippen LogP contribution in [0.1, 0.15) is 16.1 Å². The molecule has 2 rings (SSSR count). The Bertz CT molecular complexity index is 558. The molecule has 0 fully saturated rings. The van der Waals surface area contributed by atoms with Crippen LogP contribution in [0.5, 0.6) is 5.75 Å². The minimum Gasteiger partial charge on any atom is -0.494 e. The van der Waals surface area contributed by atoms with Gasteiger partial charge in [-0.05, 0) is 17.7 Å². The van der Waals surface area contributed by atoms with Gasteiger partial charge in [0.1, 0.15) is 12.0 Å². The zero-order valence-corrected chi connectivity index (χ0v) is 9.76. The van der Waals surface area contributed by atoms with Crippen LogP contribution in [0, 0.1) is 5.82 Å². The lowest BCUT2D eigenvalue weighted by molar-refractivity contribution is 0.0987. The quantitative estimate of drug-likeness (QED) is 0.775. The zero-order valence-electron chi connectivity index (χ0n) is 9.76. The van der Waals surface area contributed by atoms with Crippen molar-refractivity contribution in [3.8, 4) is 5.75 Å². The number of benzene rings is 1. The fourth-order valence-corrected chi connectivity index (χ4v) is 1.57. The van der Waals surface area contributed by atoms with Gasteiger partial charge in [-0.2, -0.15) is 0 Å². The van der Waals surface area contributed by atoms with Crippen LogP contribution in [0.25, 0.3) is 0 Å². The second-order valence-electron chi connectivity index (χ2n) is 3.63. The molecule has 0 unspecified atom stereocenters. The molecule has 0 bridgehead atoms. The number of ether oxygens (including phenoxy) is 1. The summed E-state index contributed by atoms with van der Waals surface area (Å²) in [5.74, 6) is -0.644. The lowest BCUT2D eigenvalue weighted by atomic mass is 10.1. The van der Waals surface area contributed by atoms with E-state index in [1.54, 1.807) is 12.1 Å². The Morgan fingerprint density at radius 3 is 2.89 bits per heavy atom. The van der Waals surface area contributed by atoms with E-state index in [-0.39, 0.29) is 29.2 Å². The smallest absolute Gasteiger partial charge is 0.185 e. The summed E-state index contributed by atoms with van der Waals surface area (Å²) in [5, 5.41) is 0. The number of hydrogen-bond donors (Lipinski definition) is 0. The second kappa shape index (κ2) is 5.35. The number of carbonyl (C=O) groups is 1. The Morgan fingerprint density at radius 1 is 1.39 bits per heavy atom. The molecule has 1 aromatic heterocycles. The van der Waals surface area contributed by atoms with Gasteiger partial charge in [-0.3, -0.25) is 4.79 Å². The summed E-state index contributed by atoms with van der Waals surface area (Å²) < 4.78 is 18.7. The number of halogens is 1. The molecule has 0 saturated heterocycles. The van der Waals surface area contributed by atoms with Gasteiger partial charge in [0.05, 0.1) is 7.11 Å². The maximum atomic E-state index is 13.8. The Hall–Kier alpha value is -2.30. The van der Waals surface area contributed by atoms with Gasteiger partial charge in [-0.25, -0.2) is 14.4 Å². The van der Waals surface area contributed by atoms with Crippen LogP contribution < -0.4 is 4.74 Å². The number of nitrogens with zero attached hydrogens (tertiary/aromatic N) is 2. The molecule has 0 N–H and O–H groups in total. The maximum absolute atomic E-state index is 13.8. The van der Waals surface area contributed by atoms with Gasteiger partial charge >= 0.3 is 0 Å². The van der Waals surface area contributed by atoms with Crippen molar-refractivity contribution in [2.24, 2.45) is 0 Å². The normalized spacial score (nSPS) is 10.1. The van der Waals surface area contributed by atoms with E-state index < -0.39 is 5.82 Å². The SMILES string of the molecule is COc1cccc(CC(=O)c2ccncn2)c1F. The predicted octanol–water partition coefficient (Wildman–Crippen LogP) is 2.05. The van der Waals surface area contributed by atoms with E-state index in [4.69, 9.17) is 4.74 Å². The van der Waals surface area contributed by atoms with E-state index in [9.17, 15) is 9.18 Å². The van der Waals surface area contributed by atoms with Crippen molar-refractivity contribution in [2.45, 2.75) is 6.42 Å². The molecule has 0 saturated carbocycles. The van der Waals surface area contributed by atoms with Crippen molar-refractivity contribution in [1.29, 1.82) is 0 Å². The minimum absolute atomic E-state index is 0.0555. The highest BCUT2D eigenvalue weighted by molar-refractivity contribution is 5.95. The maximum Gasteiger partial charge on any atom is 0.185 e. The van der Waals surface area contributed by atoms with E-state index in [1.807, 2.05) is 0 Å². The number of rotatable bonds is 4. The highest BCUT2D eigenvalue weighted by Crippen LogP contribution is 2.20. The van der Waals surface area contributed by atoms with Gasteiger partial charge in [0.15, 0.2) is 17.3 Å². The van der Waals surface area contributed by atoms with Gasteiger partial charge in [0, 0.05) is 12.6 Å². The number of methoxy groups -OCH3 is 1. The number of ketones is 1. The topological polar surface area (TPSA) is 52.1 Å². The van der Waals surface area contributed by atoms with Crippen LogP contribution in [-0.4, -0.2) is 22.9 Å². The molecule has 0 aliphatic rings. The van der Waals surface area contributed by atoms with Crippen molar-refractivity contribution in [2.75, 3.05) is 7.11 Å². The number of carbonyl (C=O) groups excluding carboxylic acids is 1. The van der Waals surface area contributed by atoms with Crippen LogP contribution in [0.4, 0.5) is 4.39 Å². The van der Waals surface area contributed by atoms with Crippen molar-refractivity contribution in [3.05, 3.63) is 53.9 Å². The third-order valence-corrected chi connectivity index (χ3v) is 2.48. The highest BCUT2D eigenvalue weighted by Gasteiger charge is 2.14. The molecular formula is C13H11FN2O2. The summed E-state index contributed by atoms with van der Waals surface area (Å²) in [4.78, 5) is 19.4. The van der Waals surface area contributed by atoms with Gasteiger partial charge in [-0.1, -0.05) is 12.1 Å².